The third kappa shape index (κ3) is 3.50. The second-order valence-electron chi connectivity index (χ2n) is 5.55. The van der Waals surface area contributed by atoms with E-state index < -0.39 is 0 Å². The molecule has 0 spiro atoms. The van der Waals surface area contributed by atoms with Crippen LogP contribution in [0.3, 0.4) is 0 Å². The molecule has 4 heteroatoms. The van der Waals surface area contributed by atoms with Crippen molar-refractivity contribution >= 4 is 17.2 Å². The summed E-state index contributed by atoms with van der Waals surface area (Å²) in [6.07, 6.45) is 3.40. The van der Waals surface area contributed by atoms with Gasteiger partial charge in [0.25, 0.3) is 0 Å². The minimum Gasteiger partial charge on any atom is -0.338 e. The predicted octanol–water partition coefficient (Wildman–Crippen LogP) is 3.36. The van der Waals surface area contributed by atoms with Crippen molar-refractivity contribution in [2.75, 3.05) is 6.54 Å². The average Bonchev–Trinajstić information content (AvgIpc) is 2.92. The van der Waals surface area contributed by atoms with Gasteiger partial charge in [0.2, 0.25) is 5.91 Å². The SMILES string of the molecule is Cc1nc(CCCC(=O)N2CCc3ccccc3C2)cs1. The van der Waals surface area contributed by atoms with E-state index in [-0.39, 0.29) is 5.91 Å². The second kappa shape index (κ2) is 6.39. The van der Waals surface area contributed by atoms with Gasteiger partial charge in [0.15, 0.2) is 0 Å². The number of carbonyl (C=O) groups is 1. The Kier molecular flexibility index (Phi) is 4.34. The third-order valence-electron chi connectivity index (χ3n) is 3.97. The lowest BCUT2D eigenvalue weighted by atomic mass is 9.99. The number of benzene rings is 1. The van der Waals surface area contributed by atoms with Crippen molar-refractivity contribution < 1.29 is 4.79 Å². The van der Waals surface area contributed by atoms with Gasteiger partial charge in [-0.3, -0.25) is 4.79 Å². The number of hydrogen-bond donors (Lipinski definition) is 0. The number of rotatable bonds is 4. The molecule has 110 valence electrons. The molecular weight excluding hydrogens is 280 g/mol. The van der Waals surface area contributed by atoms with Crippen LogP contribution in [0.5, 0.6) is 0 Å². The van der Waals surface area contributed by atoms with Crippen LogP contribution < -0.4 is 0 Å². The highest BCUT2D eigenvalue weighted by Crippen LogP contribution is 2.19. The molecule has 2 aromatic rings. The van der Waals surface area contributed by atoms with Crippen molar-refractivity contribution in [2.24, 2.45) is 0 Å². The maximum absolute atomic E-state index is 12.3. The Morgan fingerprint density at radius 3 is 2.90 bits per heavy atom. The van der Waals surface area contributed by atoms with Crippen molar-refractivity contribution in [3.63, 3.8) is 0 Å². The summed E-state index contributed by atoms with van der Waals surface area (Å²) in [4.78, 5) is 18.7. The summed E-state index contributed by atoms with van der Waals surface area (Å²) >= 11 is 1.68. The van der Waals surface area contributed by atoms with E-state index in [1.165, 1.54) is 11.1 Å². The molecule has 0 atom stereocenters. The van der Waals surface area contributed by atoms with E-state index in [9.17, 15) is 4.79 Å². The summed E-state index contributed by atoms with van der Waals surface area (Å²) in [7, 11) is 0. The van der Waals surface area contributed by atoms with Gasteiger partial charge in [0, 0.05) is 24.9 Å². The number of nitrogens with zero attached hydrogens (tertiary/aromatic N) is 2. The van der Waals surface area contributed by atoms with E-state index >= 15 is 0 Å². The molecule has 3 rings (SSSR count). The quantitative estimate of drug-likeness (QED) is 0.867. The Hall–Kier alpha value is -1.68. The van der Waals surface area contributed by atoms with Gasteiger partial charge in [-0.2, -0.15) is 0 Å². The van der Waals surface area contributed by atoms with Gasteiger partial charge in [-0.05, 0) is 37.3 Å². The molecule has 3 nitrogen and oxygen atoms in total. The lowest BCUT2D eigenvalue weighted by Gasteiger charge is -2.29. The molecule has 0 saturated heterocycles. The fourth-order valence-electron chi connectivity index (χ4n) is 2.81. The summed E-state index contributed by atoms with van der Waals surface area (Å²) in [6.45, 7) is 3.64. The smallest absolute Gasteiger partial charge is 0.222 e. The van der Waals surface area contributed by atoms with Crippen LogP contribution >= 0.6 is 11.3 Å². The highest BCUT2D eigenvalue weighted by atomic mass is 32.1. The topological polar surface area (TPSA) is 33.2 Å². The van der Waals surface area contributed by atoms with Crippen LogP contribution in [-0.4, -0.2) is 22.3 Å². The number of thiazole rings is 1. The highest BCUT2D eigenvalue weighted by Gasteiger charge is 2.19. The minimum atomic E-state index is 0.274. The molecule has 1 amide bonds. The Balaban J connectivity index is 1.50. The zero-order chi connectivity index (χ0) is 14.7. The number of fused-ring (bicyclic) bond motifs is 1. The molecular formula is C17H20N2OS. The summed E-state index contributed by atoms with van der Waals surface area (Å²) < 4.78 is 0. The number of hydrogen-bond acceptors (Lipinski definition) is 3. The van der Waals surface area contributed by atoms with Gasteiger partial charge in [-0.15, -0.1) is 11.3 Å². The van der Waals surface area contributed by atoms with Crippen LogP contribution in [0, 0.1) is 6.92 Å². The van der Waals surface area contributed by atoms with Crippen LogP contribution in [0.2, 0.25) is 0 Å². The third-order valence-corrected chi connectivity index (χ3v) is 4.80. The summed E-state index contributed by atoms with van der Waals surface area (Å²) in [5.41, 5.74) is 3.81. The van der Waals surface area contributed by atoms with Gasteiger partial charge in [-0.25, -0.2) is 4.98 Å². The summed E-state index contributed by atoms with van der Waals surface area (Å²) in [5, 5.41) is 3.20. The normalized spacial score (nSPS) is 14.0. The van der Waals surface area contributed by atoms with Gasteiger partial charge in [-0.1, -0.05) is 24.3 Å². The van der Waals surface area contributed by atoms with Crippen LogP contribution in [0.4, 0.5) is 0 Å². The fourth-order valence-corrected chi connectivity index (χ4v) is 3.46. The second-order valence-corrected chi connectivity index (χ2v) is 6.61. The Morgan fingerprint density at radius 2 is 2.14 bits per heavy atom. The minimum absolute atomic E-state index is 0.274. The van der Waals surface area contributed by atoms with Crippen molar-refractivity contribution in [3.05, 3.63) is 51.5 Å². The van der Waals surface area contributed by atoms with Crippen LogP contribution in [0.15, 0.2) is 29.6 Å². The number of amides is 1. The number of aryl methyl sites for hydroxylation is 2. The highest BCUT2D eigenvalue weighted by molar-refractivity contribution is 7.09. The van der Waals surface area contributed by atoms with E-state index in [1.807, 2.05) is 11.8 Å². The Morgan fingerprint density at radius 1 is 1.33 bits per heavy atom. The maximum Gasteiger partial charge on any atom is 0.222 e. The summed E-state index contributed by atoms with van der Waals surface area (Å²) in [5.74, 6) is 0.274. The molecule has 0 fully saturated rings. The molecule has 0 radical (unpaired) electrons. The molecule has 0 aliphatic carbocycles. The molecule has 0 bridgehead atoms. The molecule has 0 unspecified atom stereocenters. The van der Waals surface area contributed by atoms with E-state index in [0.29, 0.717) is 6.42 Å². The first-order valence-corrected chi connectivity index (χ1v) is 8.36. The van der Waals surface area contributed by atoms with Crippen LogP contribution in [0.25, 0.3) is 0 Å². The largest absolute Gasteiger partial charge is 0.338 e. The zero-order valence-electron chi connectivity index (χ0n) is 12.3. The lowest BCUT2D eigenvalue weighted by molar-refractivity contribution is -0.132. The zero-order valence-corrected chi connectivity index (χ0v) is 13.2. The Bertz CT molecular complexity index is 635. The number of aromatic nitrogens is 1. The van der Waals surface area contributed by atoms with E-state index in [4.69, 9.17) is 0 Å². The van der Waals surface area contributed by atoms with Crippen LogP contribution in [-0.2, 0) is 24.2 Å². The lowest BCUT2D eigenvalue weighted by Crippen LogP contribution is -2.35. The van der Waals surface area contributed by atoms with Gasteiger partial charge in [0.1, 0.15) is 0 Å². The monoisotopic (exact) mass is 300 g/mol. The molecule has 0 saturated carbocycles. The van der Waals surface area contributed by atoms with E-state index in [1.54, 1.807) is 11.3 Å². The molecule has 1 aliphatic rings. The molecule has 1 aliphatic heterocycles. The van der Waals surface area contributed by atoms with Gasteiger partial charge in [0.05, 0.1) is 10.7 Å². The van der Waals surface area contributed by atoms with Crippen LogP contribution in [0.1, 0.15) is 34.7 Å². The maximum atomic E-state index is 12.3. The first-order valence-electron chi connectivity index (χ1n) is 7.48. The Labute approximate surface area is 129 Å². The van der Waals surface area contributed by atoms with Crippen molar-refractivity contribution in [2.45, 2.75) is 39.2 Å². The molecule has 1 aromatic carbocycles. The van der Waals surface area contributed by atoms with Crippen molar-refractivity contribution in [1.29, 1.82) is 0 Å². The van der Waals surface area contributed by atoms with Crippen molar-refractivity contribution in [1.82, 2.24) is 9.88 Å². The van der Waals surface area contributed by atoms with Gasteiger partial charge < -0.3 is 4.90 Å². The fraction of sp³-hybridized carbons (Fsp3) is 0.412. The van der Waals surface area contributed by atoms with E-state index in [0.717, 1.165) is 43.1 Å². The molecule has 1 aromatic heterocycles. The average molecular weight is 300 g/mol. The number of carbonyl (C=O) groups excluding carboxylic acids is 1. The first-order chi connectivity index (χ1) is 10.2. The predicted molar refractivity (Wildman–Crippen MR) is 85.4 cm³/mol. The summed E-state index contributed by atoms with van der Waals surface area (Å²) in [6, 6.07) is 8.43. The molecule has 2 heterocycles. The van der Waals surface area contributed by atoms with E-state index in [2.05, 4.69) is 34.6 Å². The van der Waals surface area contributed by atoms with Crippen molar-refractivity contribution in [3.8, 4) is 0 Å². The standard InChI is InChI=1S/C17H20N2OS/c1-13-18-16(12-21-13)7-4-8-17(20)19-10-9-14-5-2-3-6-15(14)11-19/h2-3,5-6,12H,4,7-11H2,1H3. The first kappa shape index (κ1) is 14.3. The van der Waals surface area contributed by atoms with Gasteiger partial charge >= 0.3 is 0 Å². The molecule has 0 N–H and O–H groups in total. The molecule has 21 heavy (non-hydrogen) atoms.